The normalized spacial score (nSPS) is 25.5. The summed E-state index contributed by atoms with van der Waals surface area (Å²) in [5.74, 6) is 0.714. The monoisotopic (exact) mass is 426 g/mol. The summed E-state index contributed by atoms with van der Waals surface area (Å²) in [5.41, 5.74) is -0.535. The van der Waals surface area contributed by atoms with Gasteiger partial charge in [-0.05, 0) is 24.3 Å². The molecule has 0 spiro atoms. The molecule has 1 aromatic heterocycles. The minimum atomic E-state index is -4.65. The first-order valence-corrected chi connectivity index (χ1v) is 9.57. The molecule has 152 valence electrons. The Morgan fingerprint density at radius 3 is 2.76 bits per heavy atom. The van der Waals surface area contributed by atoms with Crippen LogP contribution in [0.2, 0.25) is 0 Å². The van der Waals surface area contributed by atoms with Crippen LogP contribution >= 0.6 is 11.8 Å². The van der Waals surface area contributed by atoms with Gasteiger partial charge < -0.3 is 18.9 Å². The maximum Gasteiger partial charge on any atom is 0.433 e. The number of Topliss-reactive ketones (excluding diaryl/α,β-unsaturated/α-hetero) is 1. The van der Waals surface area contributed by atoms with Gasteiger partial charge >= 0.3 is 6.18 Å². The van der Waals surface area contributed by atoms with E-state index in [0.29, 0.717) is 17.1 Å². The predicted octanol–water partition coefficient (Wildman–Crippen LogP) is 3.07. The number of carbonyl (C=O) groups is 1. The second-order valence-corrected chi connectivity index (χ2v) is 7.86. The molecular weight excluding hydrogens is 413 g/mol. The molecule has 3 atom stereocenters. The van der Waals surface area contributed by atoms with Crippen molar-refractivity contribution in [3.63, 3.8) is 0 Å². The fourth-order valence-corrected chi connectivity index (χ4v) is 4.40. The minimum Gasteiger partial charge on any atom is -0.454 e. The molecule has 2 bridgehead atoms. The van der Waals surface area contributed by atoms with Gasteiger partial charge in [0.15, 0.2) is 22.4 Å². The second-order valence-electron chi connectivity index (χ2n) is 6.65. The third-order valence-electron chi connectivity index (χ3n) is 4.71. The molecule has 5 rings (SSSR count). The zero-order valence-electron chi connectivity index (χ0n) is 14.6. The van der Waals surface area contributed by atoms with E-state index in [1.54, 1.807) is 18.2 Å². The molecule has 0 saturated carbocycles. The lowest BCUT2D eigenvalue weighted by Crippen LogP contribution is -2.37. The molecule has 29 heavy (non-hydrogen) atoms. The molecular formula is C18H13F3N2O5S. The SMILES string of the molecule is O=C1C[C@H](Sc2nc(-c3ccc4c(c3)OCO4)cc(C(F)(F)F)n2)[C@H]2CO[C@H]1O2. The van der Waals surface area contributed by atoms with E-state index in [-0.39, 0.29) is 36.5 Å². The first-order chi connectivity index (χ1) is 13.9. The number of halogens is 3. The van der Waals surface area contributed by atoms with Crippen LogP contribution in [-0.4, -0.2) is 46.8 Å². The molecule has 0 N–H and O–H groups in total. The van der Waals surface area contributed by atoms with Crippen molar-refractivity contribution in [2.75, 3.05) is 13.4 Å². The standard InChI is InChI=1S/C18H13F3N2O5S/c19-18(20,21)15-4-9(8-1-2-11-12(3-8)27-7-26-11)22-17(23-15)29-14-5-10(24)16-25-6-13(14)28-16/h1-4,13-14,16H,5-7H2/t13-,14+,16+/m1/s1. The highest BCUT2D eigenvalue weighted by Crippen LogP contribution is 2.39. The molecule has 1 aromatic carbocycles. The van der Waals surface area contributed by atoms with Gasteiger partial charge in [0.05, 0.1) is 18.4 Å². The fraction of sp³-hybridized carbons (Fsp3) is 0.389. The molecule has 0 amide bonds. The van der Waals surface area contributed by atoms with Crippen molar-refractivity contribution in [2.45, 2.75) is 35.4 Å². The number of carbonyl (C=O) groups excluding carboxylic acids is 1. The Balaban J connectivity index is 1.50. The van der Waals surface area contributed by atoms with E-state index < -0.39 is 29.5 Å². The van der Waals surface area contributed by atoms with E-state index in [1.165, 1.54) is 0 Å². The minimum absolute atomic E-state index is 0.0532. The van der Waals surface area contributed by atoms with Crippen LogP contribution in [0.25, 0.3) is 11.3 Å². The van der Waals surface area contributed by atoms with Crippen molar-refractivity contribution in [1.29, 1.82) is 0 Å². The van der Waals surface area contributed by atoms with Crippen LogP contribution in [0.5, 0.6) is 11.5 Å². The summed E-state index contributed by atoms with van der Waals surface area (Å²) in [5, 5.41) is -0.506. The number of hydrogen-bond acceptors (Lipinski definition) is 8. The predicted molar refractivity (Wildman–Crippen MR) is 92.5 cm³/mol. The van der Waals surface area contributed by atoms with Crippen LogP contribution in [0, 0.1) is 0 Å². The largest absolute Gasteiger partial charge is 0.454 e. The number of benzene rings is 1. The first-order valence-electron chi connectivity index (χ1n) is 8.69. The molecule has 3 aliphatic heterocycles. The lowest BCUT2D eigenvalue weighted by Gasteiger charge is -2.25. The van der Waals surface area contributed by atoms with Gasteiger partial charge in [-0.3, -0.25) is 4.79 Å². The van der Waals surface area contributed by atoms with Gasteiger partial charge in [0.25, 0.3) is 0 Å². The third kappa shape index (κ3) is 3.53. The van der Waals surface area contributed by atoms with Crippen LogP contribution in [0.3, 0.4) is 0 Å². The van der Waals surface area contributed by atoms with E-state index in [9.17, 15) is 18.0 Å². The highest BCUT2D eigenvalue weighted by atomic mass is 32.2. The van der Waals surface area contributed by atoms with Crippen molar-refractivity contribution < 1.29 is 36.9 Å². The molecule has 7 nitrogen and oxygen atoms in total. The Morgan fingerprint density at radius 1 is 1.10 bits per heavy atom. The summed E-state index contributed by atoms with van der Waals surface area (Å²) in [6.07, 6.45) is -5.79. The van der Waals surface area contributed by atoms with Crippen molar-refractivity contribution in [2.24, 2.45) is 0 Å². The Kier molecular flexibility index (Phi) is 4.41. The van der Waals surface area contributed by atoms with E-state index in [0.717, 1.165) is 17.8 Å². The van der Waals surface area contributed by atoms with Crippen LogP contribution in [0.15, 0.2) is 29.4 Å². The van der Waals surface area contributed by atoms with Crippen LogP contribution in [0.4, 0.5) is 13.2 Å². The summed E-state index contributed by atoms with van der Waals surface area (Å²) < 4.78 is 61.5. The highest BCUT2D eigenvalue weighted by Gasteiger charge is 2.44. The average Bonchev–Trinajstić information content (AvgIpc) is 3.32. The quantitative estimate of drug-likeness (QED) is 0.693. The zero-order valence-corrected chi connectivity index (χ0v) is 15.5. The molecule has 0 aliphatic carbocycles. The number of aromatic nitrogens is 2. The number of fused-ring (bicyclic) bond motifs is 3. The molecule has 2 fully saturated rings. The van der Waals surface area contributed by atoms with E-state index in [1.807, 2.05) is 0 Å². The van der Waals surface area contributed by atoms with Crippen LogP contribution in [0.1, 0.15) is 12.1 Å². The van der Waals surface area contributed by atoms with Gasteiger partial charge in [0.1, 0.15) is 5.69 Å². The Labute approximate surface area is 166 Å². The number of rotatable bonds is 3. The van der Waals surface area contributed by atoms with Gasteiger partial charge in [-0.25, -0.2) is 9.97 Å². The molecule has 0 unspecified atom stereocenters. The Hall–Kier alpha value is -2.37. The van der Waals surface area contributed by atoms with Crippen LogP contribution in [-0.2, 0) is 20.4 Å². The summed E-state index contributed by atoms with van der Waals surface area (Å²) in [6.45, 7) is 0.264. The zero-order chi connectivity index (χ0) is 20.2. The Bertz CT molecular complexity index is 986. The lowest BCUT2D eigenvalue weighted by atomic mass is 10.1. The summed E-state index contributed by atoms with van der Waals surface area (Å²) in [4.78, 5) is 19.9. The molecule has 2 aromatic rings. The number of nitrogens with zero attached hydrogens (tertiary/aromatic N) is 2. The molecule has 3 aliphatic rings. The number of hydrogen-bond donors (Lipinski definition) is 0. The maximum absolute atomic E-state index is 13.4. The van der Waals surface area contributed by atoms with Gasteiger partial charge in [-0.1, -0.05) is 11.8 Å². The Morgan fingerprint density at radius 2 is 1.93 bits per heavy atom. The number of ether oxygens (including phenoxy) is 4. The topological polar surface area (TPSA) is 79.8 Å². The molecule has 4 heterocycles. The van der Waals surface area contributed by atoms with Gasteiger partial charge in [-0.2, -0.15) is 13.2 Å². The number of thioether (sulfide) groups is 1. The summed E-state index contributed by atoms with van der Waals surface area (Å²) >= 11 is 0.988. The summed E-state index contributed by atoms with van der Waals surface area (Å²) in [6, 6.07) is 5.68. The summed E-state index contributed by atoms with van der Waals surface area (Å²) in [7, 11) is 0. The fourth-order valence-electron chi connectivity index (χ4n) is 3.29. The van der Waals surface area contributed by atoms with Crippen LogP contribution < -0.4 is 9.47 Å². The van der Waals surface area contributed by atoms with Gasteiger partial charge in [0, 0.05) is 17.2 Å². The lowest BCUT2D eigenvalue weighted by molar-refractivity contribution is -0.151. The van der Waals surface area contributed by atoms with Crippen molar-refractivity contribution >= 4 is 17.5 Å². The van der Waals surface area contributed by atoms with Crippen molar-refractivity contribution in [3.8, 4) is 22.8 Å². The number of alkyl halides is 3. The van der Waals surface area contributed by atoms with Gasteiger partial charge in [0.2, 0.25) is 13.1 Å². The molecule has 2 saturated heterocycles. The molecule has 11 heteroatoms. The second kappa shape index (κ2) is 6.85. The van der Waals surface area contributed by atoms with Crippen molar-refractivity contribution in [3.05, 3.63) is 30.0 Å². The van der Waals surface area contributed by atoms with E-state index in [4.69, 9.17) is 18.9 Å². The van der Waals surface area contributed by atoms with Gasteiger partial charge in [-0.15, -0.1) is 0 Å². The highest BCUT2D eigenvalue weighted by molar-refractivity contribution is 7.99. The van der Waals surface area contributed by atoms with Crippen molar-refractivity contribution in [1.82, 2.24) is 9.97 Å². The third-order valence-corrected chi connectivity index (χ3v) is 5.88. The van der Waals surface area contributed by atoms with E-state index in [2.05, 4.69) is 9.97 Å². The van der Waals surface area contributed by atoms with E-state index >= 15 is 0 Å². The average molecular weight is 426 g/mol. The maximum atomic E-state index is 13.4. The smallest absolute Gasteiger partial charge is 0.433 e. The number of ketones is 1. The first kappa shape index (κ1) is 18.6. The molecule has 0 radical (unpaired) electrons.